The molecule has 1 aromatic heterocycles. The van der Waals surface area contributed by atoms with Crippen molar-refractivity contribution in [3.63, 3.8) is 0 Å². The maximum Gasteiger partial charge on any atom is 0.134 e. The molecule has 0 saturated carbocycles. The largest absolute Gasteiger partial charge is 0.487 e. The highest BCUT2D eigenvalue weighted by Crippen LogP contribution is 2.25. The molecule has 0 aliphatic rings. The number of aromatic nitrogens is 3. The van der Waals surface area contributed by atoms with E-state index in [2.05, 4.69) is 10.3 Å². The van der Waals surface area contributed by atoms with Crippen molar-refractivity contribution in [1.29, 1.82) is 0 Å². The normalized spacial score (nSPS) is 12.4. The van der Waals surface area contributed by atoms with Crippen molar-refractivity contribution in [2.75, 3.05) is 0 Å². The van der Waals surface area contributed by atoms with Crippen LogP contribution in [0.25, 0.3) is 0 Å². The molecule has 0 fully saturated rings. The van der Waals surface area contributed by atoms with Crippen LogP contribution in [0.1, 0.15) is 24.2 Å². The summed E-state index contributed by atoms with van der Waals surface area (Å²) in [5.41, 5.74) is 7.12. The summed E-state index contributed by atoms with van der Waals surface area (Å²) in [6.45, 7) is 2.06. The summed E-state index contributed by atoms with van der Waals surface area (Å²) < 4.78 is 20.3. The van der Waals surface area contributed by atoms with E-state index < -0.39 is 0 Å². The highest BCUT2D eigenvalue weighted by atomic mass is 19.1. The van der Waals surface area contributed by atoms with Crippen LogP contribution in [0.4, 0.5) is 4.39 Å². The smallest absolute Gasteiger partial charge is 0.134 e. The maximum atomic E-state index is 13.1. The van der Waals surface area contributed by atoms with Crippen LogP contribution >= 0.6 is 0 Å². The Hall–Kier alpha value is -1.95. The number of hydrogen-bond donors (Lipinski definition) is 1. The van der Waals surface area contributed by atoms with Crippen molar-refractivity contribution in [2.45, 2.75) is 19.6 Å². The lowest BCUT2D eigenvalue weighted by atomic mass is 10.1. The number of ether oxygens (including phenoxy) is 1. The second-order valence-electron chi connectivity index (χ2n) is 4.14. The number of hydrogen-bond acceptors (Lipinski definition) is 4. The Balaban J connectivity index is 2.13. The monoisotopic (exact) mass is 250 g/mol. The molecule has 6 heteroatoms. The number of aryl methyl sites for hydroxylation is 1. The summed E-state index contributed by atoms with van der Waals surface area (Å²) in [6, 6.07) is 4.01. The third kappa shape index (κ3) is 2.84. The molecule has 1 aromatic carbocycles. The molecule has 1 heterocycles. The van der Waals surface area contributed by atoms with Crippen molar-refractivity contribution in [1.82, 2.24) is 15.0 Å². The van der Waals surface area contributed by atoms with Crippen LogP contribution in [0.15, 0.2) is 24.4 Å². The van der Waals surface area contributed by atoms with E-state index in [0.29, 0.717) is 17.0 Å². The number of halogens is 1. The molecule has 96 valence electrons. The first-order valence-electron chi connectivity index (χ1n) is 5.59. The zero-order valence-corrected chi connectivity index (χ0v) is 10.3. The molecule has 0 spiro atoms. The molecule has 1 atom stereocenters. The van der Waals surface area contributed by atoms with Crippen molar-refractivity contribution >= 4 is 0 Å². The van der Waals surface area contributed by atoms with Crippen molar-refractivity contribution < 1.29 is 9.13 Å². The van der Waals surface area contributed by atoms with Gasteiger partial charge in [0.05, 0.1) is 6.20 Å². The van der Waals surface area contributed by atoms with E-state index in [4.69, 9.17) is 10.5 Å². The minimum atomic E-state index is -0.325. The van der Waals surface area contributed by atoms with Crippen LogP contribution in [-0.2, 0) is 13.7 Å². The second-order valence-corrected chi connectivity index (χ2v) is 4.14. The molecule has 0 aliphatic heterocycles. The maximum absolute atomic E-state index is 13.1. The first-order valence-corrected chi connectivity index (χ1v) is 5.59. The zero-order valence-electron chi connectivity index (χ0n) is 10.3. The first kappa shape index (κ1) is 12.5. The van der Waals surface area contributed by atoms with E-state index >= 15 is 0 Å². The van der Waals surface area contributed by atoms with Gasteiger partial charge < -0.3 is 10.5 Å². The lowest BCUT2D eigenvalue weighted by Gasteiger charge is -2.13. The fourth-order valence-electron chi connectivity index (χ4n) is 1.62. The Labute approximate surface area is 104 Å². The number of nitrogens with zero attached hydrogens (tertiary/aromatic N) is 3. The van der Waals surface area contributed by atoms with Crippen LogP contribution in [0.5, 0.6) is 5.75 Å². The van der Waals surface area contributed by atoms with Gasteiger partial charge in [0.15, 0.2) is 0 Å². The summed E-state index contributed by atoms with van der Waals surface area (Å²) in [7, 11) is 1.78. The SMILES string of the molecule is CC(N)c1cc(F)ccc1OCc1cn(C)nn1. The average Bonchev–Trinajstić information content (AvgIpc) is 2.73. The standard InChI is InChI=1S/C12H15FN4O/c1-8(14)11-5-9(13)3-4-12(11)18-7-10-6-17(2)16-15-10/h3-6,8H,7,14H2,1-2H3. The molecule has 0 radical (unpaired) electrons. The minimum absolute atomic E-state index is 0.277. The van der Waals surface area contributed by atoms with Gasteiger partial charge in [-0.15, -0.1) is 5.10 Å². The van der Waals surface area contributed by atoms with Gasteiger partial charge in [0.1, 0.15) is 23.9 Å². The summed E-state index contributed by atoms with van der Waals surface area (Å²) in [5, 5.41) is 7.71. The van der Waals surface area contributed by atoms with Gasteiger partial charge in [-0.1, -0.05) is 5.21 Å². The molecule has 0 aliphatic carbocycles. The van der Waals surface area contributed by atoms with E-state index in [1.165, 1.54) is 12.1 Å². The zero-order chi connectivity index (χ0) is 13.1. The molecule has 0 amide bonds. The van der Waals surface area contributed by atoms with Gasteiger partial charge in [-0.25, -0.2) is 4.39 Å². The topological polar surface area (TPSA) is 66.0 Å². The molecule has 18 heavy (non-hydrogen) atoms. The van der Waals surface area contributed by atoms with E-state index in [9.17, 15) is 4.39 Å². The number of rotatable bonds is 4. The Kier molecular flexibility index (Phi) is 3.57. The van der Waals surface area contributed by atoms with Gasteiger partial charge in [-0.3, -0.25) is 4.68 Å². The molecule has 0 saturated heterocycles. The van der Waals surface area contributed by atoms with E-state index in [1.54, 1.807) is 30.9 Å². The number of benzene rings is 1. The summed E-state index contributed by atoms with van der Waals surface area (Å²) in [5.74, 6) is 0.242. The summed E-state index contributed by atoms with van der Waals surface area (Å²) in [4.78, 5) is 0. The van der Waals surface area contributed by atoms with Crippen LogP contribution < -0.4 is 10.5 Å². The first-order chi connectivity index (χ1) is 8.56. The Morgan fingerprint density at radius 1 is 1.50 bits per heavy atom. The third-order valence-corrected chi connectivity index (χ3v) is 2.49. The molecule has 2 rings (SSSR count). The Morgan fingerprint density at radius 2 is 2.28 bits per heavy atom. The second kappa shape index (κ2) is 5.14. The molecule has 1 unspecified atom stereocenters. The van der Waals surface area contributed by atoms with Crippen LogP contribution in [0.2, 0.25) is 0 Å². The van der Waals surface area contributed by atoms with Gasteiger partial charge in [0.2, 0.25) is 0 Å². The van der Waals surface area contributed by atoms with Gasteiger partial charge in [0, 0.05) is 18.7 Å². The molecular weight excluding hydrogens is 235 g/mol. The average molecular weight is 250 g/mol. The summed E-state index contributed by atoms with van der Waals surface area (Å²) >= 11 is 0. The highest BCUT2D eigenvalue weighted by Gasteiger charge is 2.10. The molecule has 5 nitrogen and oxygen atoms in total. The molecular formula is C12H15FN4O. The third-order valence-electron chi connectivity index (χ3n) is 2.49. The van der Waals surface area contributed by atoms with Crippen molar-refractivity contribution in [3.05, 3.63) is 41.5 Å². The lowest BCUT2D eigenvalue weighted by molar-refractivity contribution is 0.296. The highest BCUT2D eigenvalue weighted by molar-refractivity contribution is 5.36. The molecule has 2 aromatic rings. The van der Waals surface area contributed by atoms with Crippen LogP contribution in [0, 0.1) is 5.82 Å². The summed E-state index contributed by atoms with van der Waals surface area (Å²) in [6.07, 6.45) is 1.76. The van der Waals surface area contributed by atoms with Crippen molar-refractivity contribution in [2.24, 2.45) is 12.8 Å². The van der Waals surface area contributed by atoms with Gasteiger partial charge >= 0.3 is 0 Å². The van der Waals surface area contributed by atoms with Crippen LogP contribution in [-0.4, -0.2) is 15.0 Å². The van der Waals surface area contributed by atoms with Gasteiger partial charge in [-0.2, -0.15) is 0 Å². The lowest BCUT2D eigenvalue weighted by Crippen LogP contribution is -2.08. The van der Waals surface area contributed by atoms with Gasteiger partial charge in [0.25, 0.3) is 0 Å². The predicted molar refractivity (Wildman–Crippen MR) is 64.3 cm³/mol. The van der Waals surface area contributed by atoms with E-state index in [-0.39, 0.29) is 18.5 Å². The quantitative estimate of drug-likeness (QED) is 0.894. The van der Waals surface area contributed by atoms with Gasteiger partial charge in [-0.05, 0) is 25.1 Å². The van der Waals surface area contributed by atoms with E-state index in [1.807, 2.05) is 0 Å². The van der Waals surface area contributed by atoms with E-state index in [0.717, 1.165) is 0 Å². The number of nitrogens with two attached hydrogens (primary N) is 1. The Bertz CT molecular complexity index is 539. The van der Waals surface area contributed by atoms with Crippen LogP contribution in [0.3, 0.4) is 0 Å². The van der Waals surface area contributed by atoms with Crippen molar-refractivity contribution in [3.8, 4) is 5.75 Å². The molecule has 0 bridgehead atoms. The fourth-order valence-corrected chi connectivity index (χ4v) is 1.62. The Morgan fingerprint density at radius 3 is 2.89 bits per heavy atom. The minimum Gasteiger partial charge on any atom is -0.487 e. The fraction of sp³-hybridized carbons (Fsp3) is 0.333. The molecule has 2 N–H and O–H groups in total. The predicted octanol–water partition coefficient (Wildman–Crippen LogP) is 1.55.